The molecule has 1 heterocycles. The van der Waals surface area contributed by atoms with Gasteiger partial charge in [-0.3, -0.25) is 0 Å². The Morgan fingerprint density at radius 3 is 1.92 bits per heavy atom. The van der Waals surface area contributed by atoms with Gasteiger partial charge in [0.15, 0.2) is 5.60 Å². The first-order valence-corrected chi connectivity index (χ1v) is 8.38. The Morgan fingerprint density at radius 2 is 1.28 bits per heavy atom. The summed E-state index contributed by atoms with van der Waals surface area (Å²) in [6.07, 6.45) is 2.59. The molecule has 0 aliphatic carbocycles. The Labute approximate surface area is 147 Å². The van der Waals surface area contributed by atoms with Crippen LogP contribution in [-0.4, -0.2) is 5.97 Å². The van der Waals surface area contributed by atoms with Gasteiger partial charge in [-0.15, -0.1) is 0 Å². The fourth-order valence-electron chi connectivity index (χ4n) is 3.31. The van der Waals surface area contributed by atoms with Crippen LogP contribution in [0.3, 0.4) is 0 Å². The van der Waals surface area contributed by atoms with E-state index in [0.717, 1.165) is 16.7 Å². The number of cyclic esters (lactones) is 1. The lowest BCUT2D eigenvalue weighted by Crippen LogP contribution is -2.28. The van der Waals surface area contributed by atoms with Gasteiger partial charge < -0.3 is 4.74 Å². The van der Waals surface area contributed by atoms with Crippen LogP contribution in [0, 0.1) is 0 Å². The van der Waals surface area contributed by atoms with Crippen molar-refractivity contribution < 1.29 is 9.53 Å². The maximum absolute atomic E-state index is 12.7. The molecule has 4 rings (SSSR count). The summed E-state index contributed by atoms with van der Waals surface area (Å²) in [5, 5.41) is 0. The van der Waals surface area contributed by atoms with Crippen molar-refractivity contribution in [2.45, 2.75) is 12.0 Å². The van der Waals surface area contributed by atoms with Crippen LogP contribution in [0.1, 0.15) is 16.7 Å². The number of hydrogen-bond acceptors (Lipinski definition) is 2. The Hall–Kier alpha value is -3.13. The molecule has 2 nitrogen and oxygen atoms in total. The van der Waals surface area contributed by atoms with Gasteiger partial charge in [-0.1, -0.05) is 91.0 Å². The second-order valence-electron chi connectivity index (χ2n) is 6.23. The zero-order valence-electron chi connectivity index (χ0n) is 13.8. The summed E-state index contributed by atoms with van der Waals surface area (Å²) >= 11 is 0. The average Bonchev–Trinajstić information content (AvgIpc) is 3.01. The molecular formula is C23H18O2. The summed E-state index contributed by atoms with van der Waals surface area (Å²) in [7, 11) is 0. The van der Waals surface area contributed by atoms with E-state index >= 15 is 0 Å². The molecule has 0 saturated heterocycles. The van der Waals surface area contributed by atoms with E-state index < -0.39 is 5.60 Å². The molecule has 0 spiro atoms. The standard InChI is InChI=1S/C23H18O2/c24-22-21(19-12-6-2-7-13-19)17-23(25-22,20-14-8-3-9-15-20)16-18-10-4-1-5-11-18/h1-15,17H,16H2. The smallest absolute Gasteiger partial charge is 0.339 e. The minimum absolute atomic E-state index is 0.272. The zero-order chi connectivity index (χ0) is 17.1. The van der Waals surface area contributed by atoms with Crippen molar-refractivity contribution in [1.82, 2.24) is 0 Å². The predicted octanol–water partition coefficient (Wildman–Crippen LogP) is 4.77. The quantitative estimate of drug-likeness (QED) is 0.646. The van der Waals surface area contributed by atoms with Gasteiger partial charge in [-0.25, -0.2) is 4.79 Å². The van der Waals surface area contributed by atoms with Crippen LogP contribution in [-0.2, 0) is 21.6 Å². The van der Waals surface area contributed by atoms with Gasteiger partial charge >= 0.3 is 5.97 Å². The zero-order valence-corrected chi connectivity index (χ0v) is 13.8. The fourth-order valence-corrected chi connectivity index (χ4v) is 3.31. The number of esters is 1. The van der Waals surface area contributed by atoms with E-state index in [1.54, 1.807) is 0 Å². The molecule has 0 N–H and O–H groups in total. The number of rotatable bonds is 4. The van der Waals surface area contributed by atoms with Crippen LogP contribution in [0.2, 0.25) is 0 Å². The van der Waals surface area contributed by atoms with Crippen molar-refractivity contribution in [3.8, 4) is 0 Å². The van der Waals surface area contributed by atoms with E-state index in [1.165, 1.54) is 0 Å². The van der Waals surface area contributed by atoms with E-state index in [9.17, 15) is 4.79 Å². The van der Waals surface area contributed by atoms with E-state index in [-0.39, 0.29) is 5.97 Å². The summed E-state index contributed by atoms with van der Waals surface area (Å²) in [5.41, 5.74) is 2.85. The molecule has 1 aliphatic heterocycles. The maximum Gasteiger partial charge on any atom is 0.339 e. The van der Waals surface area contributed by atoms with Crippen molar-refractivity contribution in [1.29, 1.82) is 0 Å². The fraction of sp³-hybridized carbons (Fsp3) is 0.0870. The molecule has 2 heteroatoms. The van der Waals surface area contributed by atoms with Gasteiger partial charge in [0.2, 0.25) is 0 Å². The molecule has 0 fully saturated rings. The third-order valence-electron chi connectivity index (χ3n) is 4.53. The van der Waals surface area contributed by atoms with Gasteiger partial charge in [0, 0.05) is 6.42 Å². The van der Waals surface area contributed by atoms with Gasteiger partial charge in [0.05, 0.1) is 5.57 Å². The van der Waals surface area contributed by atoms with Crippen molar-refractivity contribution >= 4 is 11.5 Å². The third kappa shape index (κ3) is 2.99. The highest BCUT2D eigenvalue weighted by molar-refractivity contribution is 6.18. The SMILES string of the molecule is O=C1OC(Cc2ccccc2)(c2ccccc2)C=C1c1ccccc1. The number of benzene rings is 3. The second kappa shape index (κ2) is 6.40. The van der Waals surface area contributed by atoms with Crippen molar-refractivity contribution in [3.05, 3.63) is 114 Å². The molecule has 0 amide bonds. The number of ether oxygens (including phenoxy) is 1. The van der Waals surface area contributed by atoms with Crippen LogP contribution in [0.4, 0.5) is 0 Å². The van der Waals surface area contributed by atoms with E-state index in [1.807, 2.05) is 84.9 Å². The van der Waals surface area contributed by atoms with Gasteiger partial charge in [-0.2, -0.15) is 0 Å². The Balaban J connectivity index is 1.82. The third-order valence-corrected chi connectivity index (χ3v) is 4.53. The van der Waals surface area contributed by atoms with Crippen LogP contribution in [0.15, 0.2) is 97.1 Å². The monoisotopic (exact) mass is 326 g/mol. The molecule has 3 aromatic rings. The van der Waals surface area contributed by atoms with Crippen LogP contribution < -0.4 is 0 Å². The van der Waals surface area contributed by atoms with Crippen molar-refractivity contribution in [2.24, 2.45) is 0 Å². The van der Waals surface area contributed by atoms with Crippen LogP contribution >= 0.6 is 0 Å². The Kier molecular flexibility index (Phi) is 3.95. The minimum Gasteiger partial charge on any atom is -0.446 e. The van der Waals surface area contributed by atoms with Gasteiger partial charge in [0.1, 0.15) is 0 Å². The highest BCUT2D eigenvalue weighted by atomic mass is 16.6. The second-order valence-corrected chi connectivity index (χ2v) is 6.23. The highest BCUT2D eigenvalue weighted by Gasteiger charge is 2.42. The van der Waals surface area contributed by atoms with E-state index in [4.69, 9.17) is 4.74 Å². The molecule has 1 atom stereocenters. The summed E-state index contributed by atoms with van der Waals surface area (Å²) in [6.45, 7) is 0. The van der Waals surface area contributed by atoms with Crippen molar-refractivity contribution in [3.63, 3.8) is 0 Å². The van der Waals surface area contributed by atoms with Gasteiger partial charge in [0.25, 0.3) is 0 Å². The Bertz CT molecular complexity index is 899. The summed E-state index contributed by atoms with van der Waals surface area (Å²) < 4.78 is 5.97. The maximum atomic E-state index is 12.7. The first kappa shape index (κ1) is 15.4. The minimum atomic E-state index is -0.773. The first-order valence-electron chi connectivity index (χ1n) is 8.38. The van der Waals surface area contributed by atoms with Crippen molar-refractivity contribution in [2.75, 3.05) is 0 Å². The normalized spacial score (nSPS) is 19.4. The topological polar surface area (TPSA) is 26.3 Å². The lowest BCUT2D eigenvalue weighted by Gasteiger charge is -2.27. The largest absolute Gasteiger partial charge is 0.446 e. The lowest BCUT2D eigenvalue weighted by molar-refractivity contribution is -0.145. The summed E-state index contributed by atoms with van der Waals surface area (Å²) in [6, 6.07) is 29.8. The molecule has 0 saturated carbocycles. The highest BCUT2D eigenvalue weighted by Crippen LogP contribution is 2.40. The van der Waals surface area contributed by atoms with E-state index in [2.05, 4.69) is 12.1 Å². The summed E-state index contributed by atoms with van der Waals surface area (Å²) in [5.74, 6) is -0.272. The first-order chi connectivity index (χ1) is 12.3. The van der Waals surface area contributed by atoms with Crippen LogP contribution in [0.25, 0.3) is 5.57 Å². The molecule has 0 radical (unpaired) electrons. The predicted molar refractivity (Wildman–Crippen MR) is 98.8 cm³/mol. The molecule has 25 heavy (non-hydrogen) atoms. The van der Waals surface area contributed by atoms with Gasteiger partial charge in [-0.05, 0) is 22.8 Å². The molecular weight excluding hydrogens is 308 g/mol. The van der Waals surface area contributed by atoms with E-state index in [0.29, 0.717) is 12.0 Å². The molecule has 1 aliphatic rings. The summed E-state index contributed by atoms with van der Waals surface area (Å²) in [4.78, 5) is 12.7. The van der Waals surface area contributed by atoms with Crippen LogP contribution in [0.5, 0.6) is 0 Å². The Morgan fingerprint density at radius 1 is 0.720 bits per heavy atom. The lowest BCUT2D eigenvalue weighted by atomic mass is 9.86. The number of carbonyl (C=O) groups is 1. The molecule has 1 unspecified atom stereocenters. The molecule has 122 valence electrons. The molecule has 0 bridgehead atoms. The molecule has 3 aromatic carbocycles. The number of hydrogen-bond donors (Lipinski definition) is 0. The molecule has 0 aromatic heterocycles. The average molecular weight is 326 g/mol. The number of carbonyl (C=O) groups excluding carboxylic acids is 1.